The fourth-order valence-corrected chi connectivity index (χ4v) is 3.69. The monoisotopic (exact) mass is 465 g/mol. The number of halogens is 2. The Hall–Kier alpha value is -4.27. The van der Waals surface area contributed by atoms with Crippen molar-refractivity contribution in [3.05, 3.63) is 90.0 Å². The van der Waals surface area contributed by atoms with E-state index in [1.54, 1.807) is 24.3 Å². The Balaban J connectivity index is 1.59. The number of hydrogen-bond donors (Lipinski definition) is 1. The molecule has 1 heterocycles. The van der Waals surface area contributed by atoms with Crippen LogP contribution in [0.15, 0.2) is 72.8 Å². The van der Waals surface area contributed by atoms with Gasteiger partial charge in [0.2, 0.25) is 5.91 Å². The molecule has 0 radical (unpaired) electrons. The number of nitrogens with one attached hydrogen (secondary N) is 1. The van der Waals surface area contributed by atoms with E-state index in [0.29, 0.717) is 11.4 Å². The highest BCUT2D eigenvalue weighted by Gasteiger charge is 2.46. The van der Waals surface area contributed by atoms with Crippen LogP contribution < -0.4 is 15.0 Å². The third kappa shape index (κ3) is 4.88. The molecule has 4 rings (SSSR count). The molecule has 1 N–H and O–H groups in total. The third-order valence-corrected chi connectivity index (χ3v) is 5.42. The zero-order valence-electron chi connectivity index (χ0n) is 18.2. The van der Waals surface area contributed by atoms with Gasteiger partial charge in [0.15, 0.2) is 0 Å². The van der Waals surface area contributed by atoms with Crippen molar-refractivity contribution in [2.75, 3.05) is 17.3 Å². The van der Waals surface area contributed by atoms with E-state index in [9.17, 15) is 23.2 Å². The van der Waals surface area contributed by atoms with Crippen molar-refractivity contribution >= 4 is 29.2 Å². The second-order valence-corrected chi connectivity index (χ2v) is 7.68. The Morgan fingerprint density at radius 1 is 0.912 bits per heavy atom. The lowest BCUT2D eigenvalue weighted by Crippen LogP contribution is -2.37. The number of benzene rings is 3. The Morgan fingerprint density at radius 2 is 1.50 bits per heavy atom. The van der Waals surface area contributed by atoms with E-state index < -0.39 is 35.5 Å². The number of urea groups is 1. The highest BCUT2D eigenvalue weighted by molar-refractivity contribution is 6.22. The van der Waals surface area contributed by atoms with Gasteiger partial charge in [0.25, 0.3) is 5.91 Å². The van der Waals surface area contributed by atoms with Gasteiger partial charge in [0.05, 0.1) is 19.2 Å². The van der Waals surface area contributed by atoms with E-state index in [1.807, 2.05) is 0 Å². The molecule has 0 saturated carbocycles. The summed E-state index contributed by atoms with van der Waals surface area (Å²) >= 11 is 0. The molecule has 0 spiro atoms. The van der Waals surface area contributed by atoms with Gasteiger partial charge in [-0.05, 0) is 66.2 Å². The Kier molecular flexibility index (Phi) is 6.53. The smallest absolute Gasteiger partial charge is 0.332 e. The van der Waals surface area contributed by atoms with Crippen LogP contribution in [0.5, 0.6) is 5.75 Å². The van der Waals surface area contributed by atoms with Gasteiger partial charge in [-0.15, -0.1) is 0 Å². The van der Waals surface area contributed by atoms with Gasteiger partial charge in [-0.3, -0.25) is 9.59 Å². The predicted molar refractivity (Wildman–Crippen MR) is 121 cm³/mol. The molecular weight excluding hydrogens is 444 g/mol. The summed E-state index contributed by atoms with van der Waals surface area (Å²) in [4.78, 5) is 41.5. The minimum atomic E-state index is -1.08. The number of nitrogens with zero attached hydrogens (tertiary/aromatic N) is 2. The summed E-state index contributed by atoms with van der Waals surface area (Å²) in [6.45, 7) is 0.0702. The van der Waals surface area contributed by atoms with Crippen LogP contribution in [0.25, 0.3) is 0 Å². The second-order valence-electron chi connectivity index (χ2n) is 7.68. The number of hydrogen-bond acceptors (Lipinski definition) is 4. The molecule has 1 aliphatic heterocycles. The van der Waals surface area contributed by atoms with Crippen molar-refractivity contribution in [1.82, 2.24) is 4.90 Å². The molecule has 3 aromatic carbocycles. The van der Waals surface area contributed by atoms with Gasteiger partial charge in [-0.2, -0.15) is 0 Å². The first-order chi connectivity index (χ1) is 16.4. The van der Waals surface area contributed by atoms with Crippen LogP contribution in [0, 0.1) is 11.6 Å². The van der Waals surface area contributed by atoms with Crippen LogP contribution >= 0.6 is 0 Å². The molecule has 1 fully saturated rings. The zero-order valence-corrected chi connectivity index (χ0v) is 18.2. The summed E-state index contributed by atoms with van der Waals surface area (Å²) < 4.78 is 31.7. The number of carbonyl (C=O) groups is 3. The number of imide groups is 1. The van der Waals surface area contributed by atoms with Crippen molar-refractivity contribution < 1.29 is 27.9 Å². The van der Waals surface area contributed by atoms with Crippen LogP contribution in [0.3, 0.4) is 0 Å². The summed E-state index contributed by atoms with van der Waals surface area (Å²) in [6, 6.07) is 15.4. The first kappa shape index (κ1) is 22.9. The fraction of sp³-hybridized carbons (Fsp3) is 0.160. The second kappa shape index (κ2) is 9.70. The molecule has 1 saturated heterocycles. The van der Waals surface area contributed by atoms with Crippen LogP contribution in [-0.2, 0) is 16.1 Å². The maximum Gasteiger partial charge on any atom is 0.332 e. The Labute approximate surface area is 194 Å². The Morgan fingerprint density at radius 3 is 2.09 bits per heavy atom. The minimum Gasteiger partial charge on any atom is -0.497 e. The standard InChI is InChI=1S/C25H21F2N3O4/c1-34-21-12-2-16(3-13-21)15-29-22(14-23(31)28-19-8-4-17(26)5-9-19)24(32)30(25(29)33)20-10-6-18(27)7-11-20/h2-13,22H,14-15H2,1H3,(H,28,31). The van der Waals surface area contributed by atoms with E-state index in [2.05, 4.69) is 5.32 Å². The summed E-state index contributed by atoms with van der Waals surface area (Å²) in [5.41, 5.74) is 1.30. The van der Waals surface area contributed by atoms with Gasteiger partial charge in [0, 0.05) is 12.2 Å². The molecule has 1 atom stereocenters. The van der Waals surface area contributed by atoms with Crippen molar-refractivity contribution in [2.45, 2.75) is 19.0 Å². The number of methoxy groups -OCH3 is 1. The largest absolute Gasteiger partial charge is 0.497 e. The number of amides is 4. The van der Waals surface area contributed by atoms with Crippen LogP contribution in [0.1, 0.15) is 12.0 Å². The molecule has 1 unspecified atom stereocenters. The molecule has 0 aromatic heterocycles. The maximum absolute atomic E-state index is 13.4. The highest BCUT2D eigenvalue weighted by Crippen LogP contribution is 2.29. The topological polar surface area (TPSA) is 79.0 Å². The molecule has 0 aliphatic carbocycles. The van der Waals surface area contributed by atoms with E-state index in [4.69, 9.17) is 4.74 Å². The van der Waals surface area contributed by atoms with Gasteiger partial charge >= 0.3 is 6.03 Å². The zero-order chi connectivity index (χ0) is 24.2. The van der Waals surface area contributed by atoms with E-state index in [0.717, 1.165) is 22.6 Å². The summed E-state index contributed by atoms with van der Waals surface area (Å²) in [6.07, 6.45) is -0.310. The normalized spacial score (nSPS) is 15.6. The molecule has 3 aromatic rings. The van der Waals surface area contributed by atoms with Gasteiger partial charge in [-0.25, -0.2) is 18.5 Å². The van der Waals surface area contributed by atoms with Crippen LogP contribution in [-0.4, -0.2) is 35.9 Å². The average molecular weight is 465 g/mol. The number of anilines is 2. The molecule has 1 aliphatic rings. The van der Waals surface area contributed by atoms with Crippen molar-refractivity contribution in [1.29, 1.82) is 0 Å². The lowest BCUT2D eigenvalue weighted by molar-refractivity contribution is -0.124. The quantitative estimate of drug-likeness (QED) is 0.527. The van der Waals surface area contributed by atoms with E-state index >= 15 is 0 Å². The van der Waals surface area contributed by atoms with Crippen molar-refractivity contribution in [2.24, 2.45) is 0 Å². The van der Waals surface area contributed by atoms with Crippen LogP contribution in [0.2, 0.25) is 0 Å². The highest BCUT2D eigenvalue weighted by atomic mass is 19.1. The molecule has 0 bridgehead atoms. The summed E-state index contributed by atoms with van der Waals surface area (Å²) in [5, 5.41) is 2.61. The third-order valence-electron chi connectivity index (χ3n) is 5.42. The Bertz CT molecular complexity index is 1200. The minimum absolute atomic E-state index is 0.0702. The first-order valence-corrected chi connectivity index (χ1v) is 10.4. The molecule has 174 valence electrons. The molecule has 9 heteroatoms. The van der Waals surface area contributed by atoms with Gasteiger partial charge in [-0.1, -0.05) is 12.1 Å². The number of rotatable bonds is 7. The molecule has 34 heavy (non-hydrogen) atoms. The predicted octanol–water partition coefficient (Wildman–Crippen LogP) is 4.34. The lowest BCUT2D eigenvalue weighted by Gasteiger charge is -2.22. The SMILES string of the molecule is COc1ccc(CN2C(=O)N(c3ccc(F)cc3)C(=O)C2CC(=O)Nc2ccc(F)cc2)cc1. The van der Waals surface area contributed by atoms with Gasteiger partial charge in [0.1, 0.15) is 23.4 Å². The number of ether oxygens (including phenoxy) is 1. The number of carbonyl (C=O) groups excluding carboxylic acids is 3. The van der Waals surface area contributed by atoms with Crippen molar-refractivity contribution in [3.8, 4) is 5.75 Å². The fourth-order valence-electron chi connectivity index (χ4n) is 3.69. The molecular formula is C25H21F2N3O4. The lowest BCUT2D eigenvalue weighted by atomic mass is 10.1. The first-order valence-electron chi connectivity index (χ1n) is 10.4. The maximum atomic E-state index is 13.4. The summed E-state index contributed by atoms with van der Waals surface area (Å²) in [5.74, 6) is -1.43. The molecule has 4 amide bonds. The van der Waals surface area contributed by atoms with E-state index in [-0.39, 0.29) is 18.7 Å². The summed E-state index contributed by atoms with van der Waals surface area (Å²) in [7, 11) is 1.54. The van der Waals surface area contributed by atoms with Crippen molar-refractivity contribution in [3.63, 3.8) is 0 Å². The van der Waals surface area contributed by atoms with Crippen LogP contribution in [0.4, 0.5) is 25.0 Å². The average Bonchev–Trinajstić information content (AvgIpc) is 3.05. The van der Waals surface area contributed by atoms with E-state index in [1.165, 1.54) is 48.4 Å². The molecule has 7 nitrogen and oxygen atoms in total. The van der Waals surface area contributed by atoms with Gasteiger partial charge < -0.3 is 15.0 Å².